The third-order valence-corrected chi connectivity index (χ3v) is 1.98. The Morgan fingerprint density at radius 3 is 2.28 bits per heavy atom. The summed E-state index contributed by atoms with van der Waals surface area (Å²) in [6.45, 7) is -1.01. The molecule has 1 atom stereocenters. The molecule has 2 nitrogen and oxygen atoms in total. The molecule has 1 aromatic carbocycles. The van der Waals surface area contributed by atoms with Gasteiger partial charge in [0, 0.05) is 5.56 Å². The Hall–Kier alpha value is -1.08. The average molecular weight is 292 g/mol. The van der Waals surface area contributed by atoms with E-state index in [1.165, 1.54) is 18.2 Å². The van der Waals surface area contributed by atoms with Crippen LogP contribution in [0.1, 0.15) is 11.6 Å². The van der Waals surface area contributed by atoms with E-state index in [9.17, 15) is 22.0 Å². The number of alkyl halides is 5. The van der Waals surface area contributed by atoms with Crippen LogP contribution < -0.4 is 10.5 Å². The molecule has 0 heterocycles. The van der Waals surface area contributed by atoms with Crippen molar-refractivity contribution in [3.63, 3.8) is 0 Å². The van der Waals surface area contributed by atoms with Gasteiger partial charge in [0.25, 0.3) is 0 Å². The van der Waals surface area contributed by atoms with Gasteiger partial charge in [-0.05, 0) is 6.07 Å². The second-order valence-corrected chi connectivity index (χ2v) is 3.26. The number of rotatable bonds is 5. The third-order valence-electron chi connectivity index (χ3n) is 1.98. The summed E-state index contributed by atoms with van der Waals surface area (Å²) in [5.41, 5.74) is 5.21. The molecule has 0 aliphatic heterocycles. The monoisotopic (exact) mass is 291 g/mol. The minimum atomic E-state index is -4.63. The topological polar surface area (TPSA) is 35.2 Å². The highest BCUT2D eigenvalue weighted by molar-refractivity contribution is 5.85. The van der Waals surface area contributed by atoms with Crippen molar-refractivity contribution < 1.29 is 26.7 Å². The first-order valence-corrected chi connectivity index (χ1v) is 4.64. The predicted octanol–water partition coefficient (Wildman–Crippen LogP) is 3.31. The van der Waals surface area contributed by atoms with Gasteiger partial charge in [0.2, 0.25) is 0 Å². The molecule has 0 unspecified atom stereocenters. The van der Waals surface area contributed by atoms with Gasteiger partial charge in [0.1, 0.15) is 12.4 Å². The summed E-state index contributed by atoms with van der Waals surface area (Å²) in [5, 5.41) is 0. The lowest BCUT2D eigenvalue weighted by atomic mass is 10.1. The van der Waals surface area contributed by atoms with Gasteiger partial charge in [0.15, 0.2) is 0 Å². The van der Waals surface area contributed by atoms with Crippen LogP contribution in [0.2, 0.25) is 0 Å². The molecule has 0 spiro atoms. The maximum absolute atomic E-state index is 12.7. The van der Waals surface area contributed by atoms with Crippen molar-refractivity contribution in [2.24, 2.45) is 5.73 Å². The van der Waals surface area contributed by atoms with E-state index in [2.05, 4.69) is 4.74 Å². The van der Waals surface area contributed by atoms with E-state index < -0.39 is 31.0 Å². The number of nitrogens with two attached hydrogens (primary N) is 1. The smallest absolute Gasteiger partial charge is 0.428 e. The molecule has 0 saturated carbocycles. The highest BCUT2D eigenvalue weighted by Crippen LogP contribution is 2.31. The predicted molar refractivity (Wildman–Crippen MR) is 58.2 cm³/mol. The van der Waals surface area contributed by atoms with Crippen LogP contribution in [-0.2, 0) is 0 Å². The zero-order valence-corrected chi connectivity index (χ0v) is 9.77. The van der Waals surface area contributed by atoms with Gasteiger partial charge in [-0.15, -0.1) is 12.4 Å². The Morgan fingerprint density at radius 1 is 1.22 bits per heavy atom. The summed E-state index contributed by atoms with van der Waals surface area (Å²) in [6, 6.07) is 3.78. The van der Waals surface area contributed by atoms with E-state index in [-0.39, 0.29) is 18.0 Å². The van der Waals surface area contributed by atoms with E-state index in [0.717, 1.165) is 6.07 Å². The van der Waals surface area contributed by atoms with E-state index in [4.69, 9.17) is 5.73 Å². The fourth-order valence-electron chi connectivity index (χ4n) is 1.15. The highest BCUT2D eigenvalue weighted by atomic mass is 35.5. The lowest BCUT2D eigenvalue weighted by Gasteiger charge is -2.20. The average Bonchev–Trinajstić information content (AvgIpc) is 2.28. The Bertz CT molecular complexity index is 377. The van der Waals surface area contributed by atoms with Gasteiger partial charge < -0.3 is 10.5 Å². The van der Waals surface area contributed by atoms with Crippen molar-refractivity contribution in [2.75, 3.05) is 6.67 Å². The molecule has 1 rings (SSSR count). The van der Waals surface area contributed by atoms with Crippen molar-refractivity contribution in [2.45, 2.75) is 18.6 Å². The normalized spacial score (nSPS) is 13.1. The second-order valence-electron chi connectivity index (χ2n) is 3.26. The molecule has 0 aliphatic rings. The Balaban J connectivity index is 0.00000289. The van der Waals surface area contributed by atoms with E-state index in [1.54, 1.807) is 0 Å². The summed E-state index contributed by atoms with van der Waals surface area (Å²) in [7, 11) is 0. The maximum atomic E-state index is 12.7. The molecule has 2 N–H and O–H groups in total. The molecule has 0 amide bonds. The number of hydrogen-bond donors (Lipinski definition) is 1. The summed E-state index contributed by atoms with van der Waals surface area (Å²) >= 11 is 0. The fraction of sp³-hybridized carbons (Fsp3) is 0.400. The van der Waals surface area contributed by atoms with Crippen LogP contribution in [0.5, 0.6) is 5.75 Å². The molecule has 0 saturated heterocycles. The molecule has 0 aliphatic carbocycles. The first kappa shape index (κ1) is 16.9. The molecule has 0 aromatic heterocycles. The molecule has 0 fully saturated rings. The number of ether oxygens (including phenoxy) is 1. The Kier molecular flexibility index (Phi) is 6.34. The summed E-state index contributed by atoms with van der Waals surface area (Å²) < 4.78 is 65.4. The molecule has 18 heavy (non-hydrogen) atoms. The molecule has 104 valence electrons. The molecule has 8 heteroatoms. The summed E-state index contributed by atoms with van der Waals surface area (Å²) in [4.78, 5) is 0. The first-order valence-electron chi connectivity index (χ1n) is 4.64. The van der Waals surface area contributed by atoms with Gasteiger partial charge in [-0.2, -0.15) is 17.6 Å². The highest BCUT2D eigenvalue weighted by Gasteiger charge is 2.44. The standard InChI is InChI=1S/C10H10F5NO.ClH/c11-5-7(16)6-3-1-2-4-8(6)17-10(14,15)9(12)13;/h1-4,7,9H,5,16H2;1H/t7-;/m0./s1. The number of para-hydroxylation sites is 1. The van der Waals surface area contributed by atoms with Crippen molar-refractivity contribution >= 4 is 12.4 Å². The fourth-order valence-corrected chi connectivity index (χ4v) is 1.15. The van der Waals surface area contributed by atoms with Gasteiger partial charge in [-0.25, -0.2) is 4.39 Å². The van der Waals surface area contributed by atoms with Crippen LogP contribution in [0.15, 0.2) is 24.3 Å². The molecule has 0 radical (unpaired) electrons. The lowest BCUT2D eigenvalue weighted by molar-refractivity contribution is -0.253. The molecular formula is C10H11ClF5NO. The van der Waals surface area contributed by atoms with E-state index in [1.807, 2.05) is 0 Å². The number of hydrogen-bond acceptors (Lipinski definition) is 2. The van der Waals surface area contributed by atoms with Crippen molar-refractivity contribution in [1.29, 1.82) is 0 Å². The van der Waals surface area contributed by atoms with Crippen molar-refractivity contribution in [3.05, 3.63) is 29.8 Å². The van der Waals surface area contributed by atoms with E-state index in [0.29, 0.717) is 0 Å². The summed E-state index contributed by atoms with van der Waals surface area (Å²) in [5.74, 6) is -0.553. The Morgan fingerprint density at radius 2 is 1.78 bits per heavy atom. The zero-order valence-electron chi connectivity index (χ0n) is 8.95. The van der Waals surface area contributed by atoms with Crippen LogP contribution in [0.25, 0.3) is 0 Å². The van der Waals surface area contributed by atoms with Crippen LogP contribution >= 0.6 is 12.4 Å². The first-order chi connectivity index (χ1) is 7.88. The quantitative estimate of drug-likeness (QED) is 0.845. The lowest BCUT2D eigenvalue weighted by Crippen LogP contribution is -2.34. The van der Waals surface area contributed by atoms with Crippen molar-refractivity contribution in [3.8, 4) is 5.75 Å². The SMILES string of the molecule is Cl.N[C@@H](CF)c1ccccc1OC(F)(F)C(F)F. The Labute approximate surface area is 106 Å². The molecule has 1 aromatic rings. The van der Waals surface area contributed by atoms with Crippen LogP contribution in [0.3, 0.4) is 0 Å². The van der Waals surface area contributed by atoms with Crippen LogP contribution in [0.4, 0.5) is 22.0 Å². The van der Waals surface area contributed by atoms with Crippen LogP contribution in [0, 0.1) is 0 Å². The van der Waals surface area contributed by atoms with Gasteiger partial charge in [0.05, 0.1) is 6.04 Å². The van der Waals surface area contributed by atoms with Crippen LogP contribution in [-0.4, -0.2) is 19.2 Å². The third kappa shape index (κ3) is 3.99. The minimum Gasteiger partial charge on any atom is -0.428 e. The van der Waals surface area contributed by atoms with Gasteiger partial charge in [-0.1, -0.05) is 18.2 Å². The largest absolute Gasteiger partial charge is 0.461 e. The van der Waals surface area contributed by atoms with Crippen molar-refractivity contribution in [1.82, 2.24) is 0 Å². The summed E-state index contributed by atoms with van der Waals surface area (Å²) in [6.07, 6.45) is -8.61. The molecular weight excluding hydrogens is 281 g/mol. The maximum Gasteiger partial charge on any atom is 0.461 e. The zero-order chi connectivity index (χ0) is 13.1. The minimum absolute atomic E-state index is 0. The number of benzene rings is 1. The number of halogens is 6. The van der Waals surface area contributed by atoms with E-state index >= 15 is 0 Å². The van der Waals surface area contributed by atoms with Gasteiger partial charge >= 0.3 is 12.5 Å². The van der Waals surface area contributed by atoms with Gasteiger partial charge in [-0.3, -0.25) is 0 Å². The second kappa shape index (κ2) is 6.75. The molecule has 0 bridgehead atoms.